The topological polar surface area (TPSA) is 75.3 Å². The fourth-order valence-electron chi connectivity index (χ4n) is 1.79. The number of sulfonamides is 1. The zero-order valence-corrected chi connectivity index (χ0v) is 14.1. The molecule has 0 aliphatic carbocycles. The van der Waals surface area contributed by atoms with Gasteiger partial charge in [-0.15, -0.1) is 11.8 Å². The van der Waals surface area contributed by atoms with Crippen LogP contribution in [0.15, 0.2) is 70.5 Å². The maximum atomic E-state index is 12.0. The summed E-state index contributed by atoms with van der Waals surface area (Å²) in [5.41, 5.74) is 0. The van der Waals surface area contributed by atoms with E-state index in [1.807, 2.05) is 30.3 Å². The molecule has 0 aliphatic heterocycles. The van der Waals surface area contributed by atoms with Crippen molar-refractivity contribution in [3.63, 3.8) is 0 Å². The number of thioether (sulfide) groups is 1. The largest absolute Gasteiger partial charge is 0.354 e. The Morgan fingerprint density at radius 3 is 2.17 bits per heavy atom. The first kappa shape index (κ1) is 17.5. The molecule has 0 fully saturated rings. The van der Waals surface area contributed by atoms with Crippen LogP contribution in [0.3, 0.4) is 0 Å². The molecule has 0 unspecified atom stereocenters. The standard InChI is InChI=1S/C16H18N2O3S2/c19-16(13-22-14-7-3-1-4-8-14)17-11-12-18-23(20,21)15-9-5-2-6-10-15/h1-10,18H,11-13H2,(H,17,19). The lowest BCUT2D eigenvalue weighted by molar-refractivity contribution is -0.118. The fraction of sp³-hybridized carbons (Fsp3) is 0.188. The number of rotatable bonds is 8. The third-order valence-electron chi connectivity index (χ3n) is 2.91. The van der Waals surface area contributed by atoms with Gasteiger partial charge in [0.2, 0.25) is 15.9 Å². The van der Waals surface area contributed by atoms with Crippen molar-refractivity contribution < 1.29 is 13.2 Å². The number of hydrogen-bond acceptors (Lipinski definition) is 4. The van der Waals surface area contributed by atoms with Crippen molar-refractivity contribution in [2.24, 2.45) is 0 Å². The van der Waals surface area contributed by atoms with Crippen LogP contribution in [0.1, 0.15) is 0 Å². The zero-order chi connectivity index (χ0) is 16.5. The third kappa shape index (κ3) is 6.05. The van der Waals surface area contributed by atoms with Crippen molar-refractivity contribution in [3.05, 3.63) is 60.7 Å². The molecule has 0 heterocycles. The Balaban J connectivity index is 1.68. The molecule has 0 saturated carbocycles. The lowest BCUT2D eigenvalue weighted by Crippen LogP contribution is -2.35. The van der Waals surface area contributed by atoms with Gasteiger partial charge in [0, 0.05) is 18.0 Å². The summed E-state index contributed by atoms with van der Waals surface area (Å²) in [4.78, 5) is 12.9. The van der Waals surface area contributed by atoms with Gasteiger partial charge in [-0.3, -0.25) is 4.79 Å². The second-order valence-corrected chi connectivity index (χ2v) is 7.48. The summed E-state index contributed by atoms with van der Waals surface area (Å²) in [6.07, 6.45) is 0. The minimum atomic E-state index is -3.52. The van der Waals surface area contributed by atoms with Gasteiger partial charge < -0.3 is 5.32 Å². The Hall–Kier alpha value is -1.83. The van der Waals surface area contributed by atoms with Crippen LogP contribution in [0.25, 0.3) is 0 Å². The highest BCUT2D eigenvalue weighted by molar-refractivity contribution is 8.00. The van der Waals surface area contributed by atoms with Gasteiger partial charge in [-0.05, 0) is 24.3 Å². The van der Waals surface area contributed by atoms with E-state index in [1.54, 1.807) is 18.2 Å². The van der Waals surface area contributed by atoms with E-state index in [0.717, 1.165) is 4.90 Å². The second-order valence-electron chi connectivity index (χ2n) is 4.66. The lowest BCUT2D eigenvalue weighted by Gasteiger charge is -2.08. The summed E-state index contributed by atoms with van der Waals surface area (Å²) < 4.78 is 26.4. The molecule has 2 N–H and O–H groups in total. The summed E-state index contributed by atoms with van der Waals surface area (Å²) in [6, 6.07) is 17.8. The van der Waals surface area contributed by atoms with E-state index < -0.39 is 10.0 Å². The highest BCUT2D eigenvalue weighted by Crippen LogP contribution is 2.16. The van der Waals surface area contributed by atoms with Crippen molar-refractivity contribution in [3.8, 4) is 0 Å². The third-order valence-corrected chi connectivity index (χ3v) is 5.39. The number of nitrogens with one attached hydrogen (secondary N) is 2. The normalized spacial score (nSPS) is 11.1. The number of hydrogen-bond donors (Lipinski definition) is 2. The van der Waals surface area contributed by atoms with E-state index in [1.165, 1.54) is 23.9 Å². The molecule has 0 saturated heterocycles. The highest BCUT2D eigenvalue weighted by Gasteiger charge is 2.12. The Morgan fingerprint density at radius 2 is 1.52 bits per heavy atom. The Kier molecular flexibility index (Phi) is 6.64. The molecule has 23 heavy (non-hydrogen) atoms. The molecular weight excluding hydrogens is 332 g/mol. The average Bonchev–Trinajstić information content (AvgIpc) is 2.59. The van der Waals surface area contributed by atoms with Crippen LogP contribution in [-0.2, 0) is 14.8 Å². The molecule has 0 atom stereocenters. The molecule has 2 rings (SSSR count). The molecule has 2 aromatic rings. The van der Waals surface area contributed by atoms with Crippen LogP contribution in [-0.4, -0.2) is 33.2 Å². The van der Waals surface area contributed by atoms with Crippen LogP contribution < -0.4 is 10.0 Å². The summed E-state index contributed by atoms with van der Waals surface area (Å²) in [5.74, 6) is 0.174. The zero-order valence-electron chi connectivity index (χ0n) is 12.4. The van der Waals surface area contributed by atoms with Gasteiger partial charge in [0.15, 0.2) is 0 Å². The fourth-order valence-corrected chi connectivity index (χ4v) is 3.59. The molecule has 7 heteroatoms. The van der Waals surface area contributed by atoms with Crippen LogP contribution in [0, 0.1) is 0 Å². The molecule has 122 valence electrons. The van der Waals surface area contributed by atoms with Crippen molar-refractivity contribution >= 4 is 27.7 Å². The molecule has 1 amide bonds. The summed E-state index contributed by atoms with van der Waals surface area (Å²) in [6.45, 7) is 0.402. The second kappa shape index (κ2) is 8.71. The van der Waals surface area contributed by atoms with Crippen LogP contribution in [0.4, 0.5) is 0 Å². The van der Waals surface area contributed by atoms with Gasteiger partial charge in [-0.2, -0.15) is 0 Å². The molecule has 0 bridgehead atoms. The Labute approximate surface area is 140 Å². The van der Waals surface area contributed by atoms with Gasteiger partial charge in [0.05, 0.1) is 10.6 Å². The molecule has 0 aliphatic rings. The van der Waals surface area contributed by atoms with Gasteiger partial charge in [0.25, 0.3) is 0 Å². The summed E-state index contributed by atoms with van der Waals surface area (Å²) in [7, 11) is -3.52. The van der Waals surface area contributed by atoms with Crippen LogP contribution in [0.5, 0.6) is 0 Å². The van der Waals surface area contributed by atoms with Gasteiger partial charge >= 0.3 is 0 Å². The maximum absolute atomic E-state index is 12.0. The number of benzene rings is 2. The monoisotopic (exact) mass is 350 g/mol. The predicted molar refractivity (Wildman–Crippen MR) is 91.8 cm³/mol. The molecular formula is C16H18N2O3S2. The van der Waals surface area contributed by atoms with Crippen molar-refractivity contribution in [2.45, 2.75) is 9.79 Å². The van der Waals surface area contributed by atoms with E-state index in [0.29, 0.717) is 5.75 Å². The average molecular weight is 350 g/mol. The number of carbonyl (C=O) groups excluding carboxylic acids is 1. The smallest absolute Gasteiger partial charge is 0.240 e. The predicted octanol–water partition coefficient (Wildman–Crippen LogP) is 1.87. The lowest BCUT2D eigenvalue weighted by atomic mass is 10.4. The quantitative estimate of drug-likeness (QED) is 0.563. The maximum Gasteiger partial charge on any atom is 0.240 e. The molecule has 5 nitrogen and oxygen atoms in total. The first-order valence-electron chi connectivity index (χ1n) is 7.07. The summed E-state index contributed by atoms with van der Waals surface area (Å²) >= 11 is 1.44. The van der Waals surface area contributed by atoms with Crippen molar-refractivity contribution in [1.82, 2.24) is 10.0 Å². The van der Waals surface area contributed by atoms with E-state index >= 15 is 0 Å². The van der Waals surface area contributed by atoms with Crippen molar-refractivity contribution in [1.29, 1.82) is 0 Å². The van der Waals surface area contributed by atoms with Crippen LogP contribution >= 0.6 is 11.8 Å². The van der Waals surface area contributed by atoms with E-state index in [9.17, 15) is 13.2 Å². The van der Waals surface area contributed by atoms with Gasteiger partial charge in [0.1, 0.15) is 0 Å². The molecule has 0 aromatic heterocycles. The van der Waals surface area contributed by atoms with Crippen LogP contribution in [0.2, 0.25) is 0 Å². The van der Waals surface area contributed by atoms with E-state index in [2.05, 4.69) is 10.0 Å². The van der Waals surface area contributed by atoms with Gasteiger partial charge in [-0.25, -0.2) is 13.1 Å². The first-order chi connectivity index (χ1) is 11.1. The first-order valence-corrected chi connectivity index (χ1v) is 9.54. The molecule has 2 aromatic carbocycles. The Morgan fingerprint density at radius 1 is 0.913 bits per heavy atom. The highest BCUT2D eigenvalue weighted by atomic mass is 32.2. The van der Waals surface area contributed by atoms with Gasteiger partial charge in [-0.1, -0.05) is 36.4 Å². The van der Waals surface area contributed by atoms with E-state index in [-0.39, 0.29) is 23.9 Å². The number of carbonyl (C=O) groups is 1. The minimum Gasteiger partial charge on any atom is -0.354 e. The molecule has 0 spiro atoms. The SMILES string of the molecule is O=C(CSc1ccccc1)NCCNS(=O)(=O)c1ccccc1. The Bertz CT molecular complexity index is 720. The summed E-state index contributed by atoms with van der Waals surface area (Å²) in [5, 5.41) is 2.69. The molecule has 0 radical (unpaired) electrons. The minimum absolute atomic E-state index is 0.127. The van der Waals surface area contributed by atoms with E-state index in [4.69, 9.17) is 0 Å². The van der Waals surface area contributed by atoms with Crippen molar-refractivity contribution in [2.75, 3.05) is 18.8 Å². The number of amides is 1.